The number of hydrogen-bond donors (Lipinski definition) is 1. The monoisotopic (exact) mass is 260 g/mol. The maximum absolute atomic E-state index is 11.8. The summed E-state index contributed by atoms with van der Waals surface area (Å²) in [5.41, 5.74) is 6.00. The van der Waals surface area contributed by atoms with Gasteiger partial charge in [-0.05, 0) is 37.1 Å². The summed E-state index contributed by atoms with van der Waals surface area (Å²) in [6.07, 6.45) is 3.54. The van der Waals surface area contributed by atoms with E-state index in [1.807, 2.05) is 4.90 Å². The third kappa shape index (κ3) is 4.14. The lowest BCUT2D eigenvalue weighted by Crippen LogP contribution is -2.43. The van der Waals surface area contributed by atoms with Gasteiger partial charge in [-0.1, -0.05) is 13.8 Å². The first-order chi connectivity index (χ1) is 8.01. The van der Waals surface area contributed by atoms with Gasteiger partial charge < -0.3 is 10.6 Å². The first kappa shape index (κ1) is 14.8. The van der Waals surface area contributed by atoms with Gasteiger partial charge in [0, 0.05) is 25.4 Å². The van der Waals surface area contributed by atoms with Crippen molar-refractivity contribution in [2.75, 3.05) is 25.5 Å². The summed E-state index contributed by atoms with van der Waals surface area (Å²) in [5.74, 6) is 1.47. The summed E-state index contributed by atoms with van der Waals surface area (Å²) in [6, 6.07) is 0. The number of alkyl halides is 1. The summed E-state index contributed by atoms with van der Waals surface area (Å²) >= 11 is 5.60. The molecule has 0 bridgehead atoms. The van der Waals surface area contributed by atoms with Crippen LogP contribution in [0.1, 0.15) is 39.5 Å². The van der Waals surface area contributed by atoms with Gasteiger partial charge in [-0.3, -0.25) is 4.79 Å². The van der Waals surface area contributed by atoms with Gasteiger partial charge in [-0.15, -0.1) is 11.6 Å². The van der Waals surface area contributed by atoms with E-state index in [-0.39, 0.29) is 11.3 Å². The van der Waals surface area contributed by atoms with Gasteiger partial charge in [0.15, 0.2) is 0 Å². The fourth-order valence-corrected chi connectivity index (χ4v) is 2.59. The van der Waals surface area contributed by atoms with E-state index in [4.69, 9.17) is 17.3 Å². The molecule has 3 nitrogen and oxygen atoms in total. The highest BCUT2D eigenvalue weighted by atomic mass is 35.5. The molecular weight excluding hydrogens is 236 g/mol. The van der Waals surface area contributed by atoms with Crippen molar-refractivity contribution in [1.29, 1.82) is 0 Å². The first-order valence-corrected chi connectivity index (χ1v) is 7.08. The molecule has 1 saturated heterocycles. The molecule has 4 heteroatoms. The number of nitrogens with two attached hydrogens (primary N) is 1. The summed E-state index contributed by atoms with van der Waals surface area (Å²) in [6.45, 7) is 6.94. The summed E-state index contributed by atoms with van der Waals surface area (Å²) in [5, 5.41) is 0. The minimum Gasteiger partial charge on any atom is -0.343 e. The largest absolute Gasteiger partial charge is 0.343 e. The predicted molar refractivity (Wildman–Crippen MR) is 72.1 cm³/mol. The zero-order valence-electron chi connectivity index (χ0n) is 11.0. The molecule has 100 valence electrons. The van der Waals surface area contributed by atoms with E-state index in [1.54, 1.807) is 0 Å². The molecule has 1 heterocycles. The van der Waals surface area contributed by atoms with Crippen LogP contribution < -0.4 is 5.73 Å². The SMILES string of the molecule is CC(C)(CN)C1CCN(C(=O)CCCCl)CC1. The molecular formula is C13H25ClN2O. The average molecular weight is 261 g/mol. The van der Waals surface area contributed by atoms with Gasteiger partial charge >= 0.3 is 0 Å². The fraction of sp³-hybridized carbons (Fsp3) is 0.923. The number of likely N-dealkylation sites (tertiary alicyclic amines) is 1. The van der Waals surface area contributed by atoms with Crippen LogP contribution >= 0.6 is 11.6 Å². The number of piperidine rings is 1. The molecule has 0 spiro atoms. The normalized spacial score (nSPS) is 18.5. The quantitative estimate of drug-likeness (QED) is 0.771. The minimum absolute atomic E-state index is 0.200. The van der Waals surface area contributed by atoms with Gasteiger partial charge in [0.2, 0.25) is 5.91 Å². The number of hydrogen-bond acceptors (Lipinski definition) is 2. The molecule has 0 saturated carbocycles. The standard InChI is InChI=1S/C13H25ClN2O/c1-13(2,10-15)11-5-8-16(9-6-11)12(17)4-3-7-14/h11H,3-10,15H2,1-2H3. The van der Waals surface area contributed by atoms with Gasteiger partial charge in [-0.25, -0.2) is 0 Å². The lowest BCUT2D eigenvalue weighted by atomic mass is 9.74. The Morgan fingerprint density at radius 1 is 1.41 bits per heavy atom. The Morgan fingerprint density at radius 3 is 2.47 bits per heavy atom. The highest BCUT2D eigenvalue weighted by Gasteiger charge is 2.32. The van der Waals surface area contributed by atoms with Gasteiger partial charge in [0.25, 0.3) is 0 Å². The van der Waals surface area contributed by atoms with Crippen LogP contribution in [0.15, 0.2) is 0 Å². The fourth-order valence-electron chi connectivity index (χ4n) is 2.45. The van der Waals surface area contributed by atoms with Crippen LogP contribution in [0.25, 0.3) is 0 Å². The van der Waals surface area contributed by atoms with Gasteiger partial charge in [-0.2, -0.15) is 0 Å². The maximum Gasteiger partial charge on any atom is 0.222 e. The zero-order chi connectivity index (χ0) is 12.9. The Morgan fingerprint density at radius 2 is 2.00 bits per heavy atom. The summed E-state index contributed by atoms with van der Waals surface area (Å²) < 4.78 is 0. The topological polar surface area (TPSA) is 46.3 Å². The minimum atomic E-state index is 0.200. The molecule has 0 unspecified atom stereocenters. The van der Waals surface area contributed by atoms with Crippen LogP contribution in [0.4, 0.5) is 0 Å². The van der Waals surface area contributed by atoms with Crippen molar-refractivity contribution in [2.24, 2.45) is 17.1 Å². The van der Waals surface area contributed by atoms with E-state index in [1.165, 1.54) is 0 Å². The maximum atomic E-state index is 11.8. The van der Waals surface area contributed by atoms with E-state index in [0.717, 1.165) is 38.9 Å². The molecule has 1 fully saturated rings. The number of halogens is 1. The smallest absolute Gasteiger partial charge is 0.222 e. The highest BCUT2D eigenvalue weighted by Crippen LogP contribution is 2.34. The first-order valence-electron chi connectivity index (χ1n) is 6.55. The lowest BCUT2D eigenvalue weighted by molar-refractivity contribution is -0.133. The van der Waals surface area contributed by atoms with Crippen LogP contribution in [-0.2, 0) is 4.79 Å². The third-order valence-corrected chi connectivity index (χ3v) is 4.27. The van der Waals surface area contributed by atoms with Gasteiger partial charge in [0.1, 0.15) is 0 Å². The second-order valence-corrected chi connectivity index (χ2v) is 6.02. The Balaban J connectivity index is 2.38. The Labute approximate surface area is 110 Å². The third-order valence-electron chi connectivity index (χ3n) is 4.00. The molecule has 1 amide bonds. The van der Waals surface area contributed by atoms with E-state index in [0.29, 0.717) is 18.2 Å². The molecule has 0 aromatic rings. The molecule has 1 aliphatic rings. The second kappa shape index (κ2) is 6.60. The highest BCUT2D eigenvalue weighted by molar-refractivity contribution is 6.17. The Hall–Kier alpha value is -0.280. The molecule has 0 aromatic carbocycles. The van der Waals surface area contributed by atoms with Crippen LogP contribution in [0.3, 0.4) is 0 Å². The molecule has 0 aromatic heterocycles. The van der Waals surface area contributed by atoms with E-state index >= 15 is 0 Å². The Bertz CT molecular complexity index is 248. The van der Waals surface area contributed by atoms with Crippen molar-refractivity contribution >= 4 is 17.5 Å². The molecule has 0 atom stereocenters. The van der Waals surface area contributed by atoms with Crippen molar-refractivity contribution in [1.82, 2.24) is 4.90 Å². The van der Waals surface area contributed by atoms with Crippen molar-refractivity contribution in [3.8, 4) is 0 Å². The van der Waals surface area contributed by atoms with Crippen molar-refractivity contribution in [3.05, 3.63) is 0 Å². The molecule has 0 aliphatic carbocycles. The predicted octanol–water partition coefficient (Wildman–Crippen LogP) is 2.23. The number of carbonyl (C=O) groups excluding carboxylic acids is 1. The summed E-state index contributed by atoms with van der Waals surface area (Å²) in [4.78, 5) is 13.8. The van der Waals surface area contributed by atoms with Crippen molar-refractivity contribution in [3.63, 3.8) is 0 Å². The molecule has 0 radical (unpaired) electrons. The lowest BCUT2D eigenvalue weighted by Gasteiger charge is -2.40. The van der Waals surface area contributed by atoms with E-state index in [2.05, 4.69) is 13.8 Å². The second-order valence-electron chi connectivity index (χ2n) is 5.64. The number of nitrogens with zero attached hydrogens (tertiary/aromatic N) is 1. The Kier molecular flexibility index (Phi) is 5.74. The molecule has 2 N–H and O–H groups in total. The number of rotatable bonds is 5. The molecule has 1 rings (SSSR count). The molecule has 1 aliphatic heterocycles. The van der Waals surface area contributed by atoms with E-state index in [9.17, 15) is 4.79 Å². The zero-order valence-corrected chi connectivity index (χ0v) is 11.8. The van der Waals surface area contributed by atoms with E-state index < -0.39 is 0 Å². The number of carbonyl (C=O) groups is 1. The van der Waals surface area contributed by atoms with Crippen LogP contribution in [0, 0.1) is 11.3 Å². The van der Waals surface area contributed by atoms with Gasteiger partial charge in [0.05, 0.1) is 0 Å². The number of amides is 1. The van der Waals surface area contributed by atoms with Crippen molar-refractivity contribution in [2.45, 2.75) is 39.5 Å². The summed E-state index contributed by atoms with van der Waals surface area (Å²) in [7, 11) is 0. The average Bonchev–Trinajstić information content (AvgIpc) is 2.36. The van der Waals surface area contributed by atoms with Crippen molar-refractivity contribution < 1.29 is 4.79 Å². The van der Waals surface area contributed by atoms with Crippen LogP contribution in [0.5, 0.6) is 0 Å². The van der Waals surface area contributed by atoms with Crippen LogP contribution in [-0.4, -0.2) is 36.3 Å². The van der Waals surface area contributed by atoms with Crippen LogP contribution in [0.2, 0.25) is 0 Å². The molecule has 17 heavy (non-hydrogen) atoms.